The van der Waals surface area contributed by atoms with E-state index in [9.17, 15) is 0 Å². The van der Waals surface area contributed by atoms with E-state index >= 15 is 0 Å². The Balaban J connectivity index is 0.924. The van der Waals surface area contributed by atoms with E-state index in [0.29, 0.717) is 5.82 Å². The first-order chi connectivity index (χ1) is 34.1. The average Bonchev–Trinajstić information content (AvgIpc) is 3.96. The minimum atomic E-state index is 0.675. The zero-order valence-electron chi connectivity index (χ0n) is 38.1. The Labute approximate surface area is 400 Å². The van der Waals surface area contributed by atoms with Gasteiger partial charge < -0.3 is 8.98 Å². The van der Waals surface area contributed by atoms with Gasteiger partial charge in [-0.3, -0.25) is 0 Å². The first-order valence-corrected chi connectivity index (χ1v) is 23.8. The Hall–Kier alpha value is -8.86. The van der Waals surface area contributed by atoms with Crippen LogP contribution >= 0.6 is 0 Å². The number of aromatic nitrogens is 3. The molecule has 0 aliphatic carbocycles. The molecule has 4 nitrogen and oxygen atoms in total. The minimum Gasteiger partial charge on any atom is -0.456 e. The lowest BCUT2D eigenvalue weighted by molar-refractivity contribution is 0.669. The quantitative estimate of drug-likeness (QED) is 0.145. The fourth-order valence-corrected chi connectivity index (χ4v) is 10.5. The SMILES string of the molecule is Cc1ccc(-c2ccc3oc4cccc(-c5nc(-c6ccccc6)c6ccccc6n5)c4c3c2)cc1-c1ccc(-c2ccc3c4ccccc4n(-c4ccccc4)c3c2)cc1CCc1ccccc1. The minimum absolute atomic E-state index is 0.675. The van der Waals surface area contributed by atoms with Gasteiger partial charge in [-0.1, -0.05) is 176 Å². The topological polar surface area (TPSA) is 43.9 Å². The van der Waals surface area contributed by atoms with Gasteiger partial charge in [0.2, 0.25) is 0 Å². The normalized spacial score (nSPS) is 11.7. The maximum absolute atomic E-state index is 6.56. The third-order valence-electron chi connectivity index (χ3n) is 13.9. The van der Waals surface area contributed by atoms with Crippen LogP contribution in [0.5, 0.6) is 0 Å². The van der Waals surface area contributed by atoms with Crippen LogP contribution in [-0.2, 0) is 12.8 Å². The summed E-state index contributed by atoms with van der Waals surface area (Å²) in [6, 6.07) is 82.7. The van der Waals surface area contributed by atoms with Gasteiger partial charge in [0.15, 0.2) is 5.82 Å². The van der Waals surface area contributed by atoms with E-state index in [0.717, 1.165) is 79.3 Å². The molecule has 0 amide bonds. The summed E-state index contributed by atoms with van der Waals surface area (Å²) in [5.74, 6) is 0.675. The van der Waals surface area contributed by atoms with Gasteiger partial charge in [-0.05, 0) is 124 Å². The van der Waals surface area contributed by atoms with Crippen molar-refractivity contribution in [2.24, 2.45) is 0 Å². The van der Waals surface area contributed by atoms with Gasteiger partial charge in [-0.2, -0.15) is 0 Å². The summed E-state index contributed by atoms with van der Waals surface area (Å²) in [7, 11) is 0. The molecule has 10 aromatic carbocycles. The van der Waals surface area contributed by atoms with E-state index in [2.05, 4.69) is 218 Å². The second-order valence-corrected chi connectivity index (χ2v) is 18.1. The first kappa shape index (κ1) is 40.4. The van der Waals surface area contributed by atoms with Crippen molar-refractivity contribution in [3.8, 4) is 61.7 Å². The smallest absolute Gasteiger partial charge is 0.161 e. The highest BCUT2D eigenvalue weighted by atomic mass is 16.3. The summed E-state index contributed by atoms with van der Waals surface area (Å²) >= 11 is 0. The molecule has 0 atom stereocenters. The zero-order valence-corrected chi connectivity index (χ0v) is 38.1. The molecule has 0 unspecified atom stereocenters. The lowest BCUT2D eigenvalue weighted by Gasteiger charge is -2.16. The molecule has 0 saturated heterocycles. The van der Waals surface area contributed by atoms with Crippen LogP contribution in [0.3, 0.4) is 0 Å². The van der Waals surface area contributed by atoms with Gasteiger partial charge in [0.1, 0.15) is 11.2 Å². The monoisotopic (exact) mass is 883 g/mol. The van der Waals surface area contributed by atoms with Crippen LogP contribution in [-0.4, -0.2) is 14.5 Å². The van der Waals surface area contributed by atoms with E-state index in [1.807, 2.05) is 24.3 Å². The summed E-state index contributed by atoms with van der Waals surface area (Å²) in [5, 5.41) is 5.58. The van der Waals surface area contributed by atoms with Gasteiger partial charge in [0.25, 0.3) is 0 Å². The molecule has 3 heterocycles. The highest BCUT2D eigenvalue weighted by Gasteiger charge is 2.20. The number of nitrogens with zero attached hydrogens (tertiary/aromatic N) is 3. The van der Waals surface area contributed by atoms with Crippen molar-refractivity contribution in [2.75, 3.05) is 0 Å². The molecule has 0 radical (unpaired) electrons. The number of fused-ring (bicyclic) bond motifs is 7. The predicted molar refractivity (Wildman–Crippen MR) is 287 cm³/mol. The van der Waals surface area contributed by atoms with Crippen LogP contribution in [0.1, 0.15) is 16.7 Å². The molecule has 0 saturated carbocycles. The molecular weight excluding hydrogens is 839 g/mol. The number of aryl methyl sites for hydroxylation is 3. The summed E-state index contributed by atoms with van der Waals surface area (Å²) < 4.78 is 8.96. The molecule has 0 aliphatic heterocycles. The van der Waals surface area contributed by atoms with E-state index < -0.39 is 0 Å². The Morgan fingerprint density at radius 1 is 0.406 bits per heavy atom. The third-order valence-corrected chi connectivity index (χ3v) is 13.9. The Morgan fingerprint density at radius 2 is 1.07 bits per heavy atom. The van der Waals surface area contributed by atoms with Crippen molar-refractivity contribution in [1.29, 1.82) is 0 Å². The molecule has 326 valence electrons. The Bertz CT molecular complexity index is 4070. The fraction of sp³-hybridized carbons (Fsp3) is 0.0462. The lowest BCUT2D eigenvalue weighted by atomic mass is 9.88. The van der Waals surface area contributed by atoms with Crippen molar-refractivity contribution in [3.63, 3.8) is 0 Å². The van der Waals surface area contributed by atoms with Crippen LogP contribution in [0.15, 0.2) is 235 Å². The van der Waals surface area contributed by atoms with Gasteiger partial charge >= 0.3 is 0 Å². The van der Waals surface area contributed by atoms with Crippen molar-refractivity contribution in [2.45, 2.75) is 19.8 Å². The molecular formula is C65H45N3O. The predicted octanol–water partition coefficient (Wildman–Crippen LogP) is 17.1. The van der Waals surface area contributed by atoms with Crippen LogP contribution < -0.4 is 0 Å². The number of benzene rings is 10. The first-order valence-electron chi connectivity index (χ1n) is 23.8. The van der Waals surface area contributed by atoms with E-state index in [-0.39, 0.29) is 0 Å². The molecule has 3 aromatic heterocycles. The number of furan rings is 1. The van der Waals surface area contributed by atoms with E-state index in [1.165, 1.54) is 60.8 Å². The van der Waals surface area contributed by atoms with E-state index in [4.69, 9.17) is 14.4 Å². The van der Waals surface area contributed by atoms with Crippen molar-refractivity contribution < 1.29 is 4.42 Å². The van der Waals surface area contributed by atoms with Crippen LogP contribution in [0.25, 0.3) is 116 Å². The number of hydrogen-bond acceptors (Lipinski definition) is 3. The molecule has 0 bridgehead atoms. The molecule has 0 fully saturated rings. The maximum Gasteiger partial charge on any atom is 0.161 e. The lowest BCUT2D eigenvalue weighted by Crippen LogP contribution is -1.97. The molecule has 13 rings (SSSR count). The summed E-state index contributed by atoms with van der Waals surface area (Å²) in [5.41, 5.74) is 20.1. The summed E-state index contributed by atoms with van der Waals surface area (Å²) in [4.78, 5) is 10.4. The van der Waals surface area contributed by atoms with Crippen molar-refractivity contribution in [1.82, 2.24) is 14.5 Å². The molecule has 4 heteroatoms. The number of rotatable bonds is 9. The number of hydrogen-bond donors (Lipinski definition) is 0. The molecule has 0 spiro atoms. The van der Waals surface area contributed by atoms with E-state index in [1.54, 1.807) is 0 Å². The van der Waals surface area contributed by atoms with Crippen molar-refractivity contribution >= 4 is 54.6 Å². The standard InChI is InChI=1S/C65H45N3O/c1-42-28-30-46(47-34-37-61-57(40-47)63-55(24-15-27-62(63)69-61)65-66-58-25-13-11-23-54(58)64(67-65)44-18-7-3-8-19-44)39-56(42)51-35-32-45(38-49(51)31-29-43-16-5-2-6-17-43)48-33-36-53-52-22-12-14-26-59(52)68(60(53)41-48)50-20-9-4-10-21-50/h2-28,30,32-41H,29,31H2,1H3. The number of para-hydroxylation sites is 3. The maximum atomic E-state index is 6.56. The van der Waals surface area contributed by atoms with Crippen LogP contribution in [0, 0.1) is 6.92 Å². The summed E-state index contributed by atoms with van der Waals surface area (Å²) in [6.45, 7) is 2.23. The van der Waals surface area contributed by atoms with Gasteiger partial charge in [-0.15, -0.1) is 0 Å². The van der Waals surface area contributed by atoms with Gasteiger partial charge in [-0.25, -0.2) is 9.97 Å². The largest absolute Gasteiger partial charge is 0.456 e. The highest BCUT2D eigenvalue weighted by Crippen LogP contribution is 2.41. The Kier molecular flexibility index (Phi) is 9.83. The fourth-order valence-electron chi connectivity index (χ4n) is 10.5. The average molecular weight is 884 g/mol. The zero-order chi connectivity index (χ0) is 45.8. The van der Waals surface area contributed by atoms with Crippen LogP contribution in [0.2, 0.25) is 0 Å². The third kappa shape index (κ3) is 7.17. The van der Waals surface area contributed by atoms with Gasteiger partial charge in [0.05, 0.1) is 22.2 Å². The molecule has 69 heavy (non-hydrogen) atoms. The highest BCUT2D eigenvalue weighted by molar-refractivity contribution is 6.13. The second kappa shape index (κ2) is 16.8. The molecule has 0 N–H and O–H groups in total. The van der Waals surface area contributed by atoms with Crippen LogP contribution in [0.4, 0.5) is 0 Å². The van der Waals surface area contributed by atoms with Gasteiger partial charge in [0, 0.05) is 43.7 Å². The molecule has 13 aromatic rings. The summed E-state index contributed by atoms with van der Waals surface area (Å²) in [6.07, 6.45) is 1.85. The second-order valence-electron chi connectivity index (χ2n) is 18.1. The van der Waals surface area contributed by atoms with Crippen molar-refractivity contribution in [3.05, 3.63) is 247 Å². The Morgan fingerprint density at radius 3 is 1.93 bits per heavy atom. The molecule has 0 aliphatic rings.